The Morgan fingerprint density at radius 3 is 2.62 bits per heavy atom. The largest absolute Gasteiger partial charge is 0.497 e. The van der Waals surface area contributed by atoms with E-state index in [2.05, 4.69) is 21.0 Å². The van der Waals surface area contributed by atoms with Gasteiger partial charge in [-0.15, -0.1) is 9.89 Å². The minimum atomic E-state index is 0.663. The number of ether oxygens (including phenoxy) is 1. The summed E-state index contributed by atoms with van der Waals surface area (Å²) in [6.45, 7) is 2.50. The zero-order chi connectivity index (χ0) is 11.4. The van der Waals surface area contributed by atoms with Crippen molar-refractivity contribution in [3.63, 3.8) is 0 Å². The Morgan fingerprint density at radius 2 is 2.06 bits per heavy atom. The predicted octanol–water partition coefficient (Wildman–Crippen LogP) is 0.734. The molecule has 84 valence electrons. The van der Waals surface area contributed by atoms with E-state index in [-0.39, 0.29) is 0 Å². The molecule has 0 amide bonds. The van der Waals surface area contributed by atoms with Crippen LogP contribution in [-0.2, 0) is 6.54 Å². The molecule has 0 aliphatic carbocycles. The fraction of sp³-hybridized carbons (Fsp3) is 0.300. The topological polar surface area (TPSA) is 64.9 Å². The Kier molecular flexibility index (Phi) is 3.00. The van der Waals surface area contributed by atoms with Crippen molar-refractivity contribution in [1.29, 1.82) is 0 Å². The normalized spacial score (nSPS) is 10.1. The summed E-state index contributed by atoms with van der Waals surface area (Å²) in [7, 11) is 1.65. The van der Waals surface area contributed by atoms with E-state index in [1.54, 1.807) is 11.9 Å². The molecule has 16 heavy (non-hydrogen) atoms. The number of aromatic nitrogens is 4. The van der Waals surface area contributed by atoms with E-state index >= 15 is 0 Å². The van der Waals surface area contributed by atoms with Crippen LogP contribution in [-0.4, -0.2) is 27.4 Å². The van der Waals surface area contributed by atoms with Gasteiger partial charge in [-0.05, 0) is 35.0 Å². The third-order valence-corrected chi connectivity index (χ3v) is 2.22. The number of tetrazole rings is 1. The summed E-state index contributed by atoms with van der Waals surface area (Å²) in [4.78, 5) is 1.55. The second-order valence-electron chi connectivity index (χ2n) is 3.32. The summed E-state index contributed by atoms with van der Waals surface area (Å²) >= 11 is 0. The lowest BCUT2D eigenvalue weighted by Gasteiger charge is -2.06. The molecular formula is C10H13N5O. The first-order chi connectivity index (χ1) is 7.79. The third-order valence-electron chi connectivity index (χ3n) is 2.22. The highest BCUT2D eigenvalue weighted by molar-refractivity contribution is 5.27. The van der Waals surface area contributed by atoms with E-state index < -0.39 is 0 Å². The summed E-state index contributed by atoms with van der Waals surface area (Å²) in [5, 5.41) is 11.1. The summed E-state index contributed by atoms with van der Waals surface area (Å²) in [5.41, 5.74) is 4.22. The summed E-state index contributed by atoms with van der Waals surface area (Å²) in [6.07, 6.45) is 0. The van der Waals surface area contributed by atoms with Gasteiger partial charge in [-0.25, -0.2) is 0 Å². The lowest BCUT2D eigenvalue weighted by atomic mass is 10.2. The molecule has 0 spiro atoms. The van der Waals surface area contributed by atoms with Crippen LogP contribution in [0.4, 0.5) is 0 Å². The van der Waals surface area contributed by atoms with Gasteiger partial charge in [0.05, 0.1) is 13.7 Å². The van der Waals surface area contributed by atoms with Gasteiger partial charge in [0.1, 0.15) is 5.75 Å². The molecule has 0 unspecified atom stereocenters. The number of methoxy groups -OCH3 is 1. The first kappa shape index (κ1) is 10.4. The molecule has 0 saturated heterocycles. The Bertz CT molecular complexity index is 450. The quantitative estimate of drug-likeness (QED) is 0.821. The van der Waals surface area contributed by atoms with Gasteiger partial charge in [0.15, 0.2) is 5.82 Å². The minimum Gasteiger partial charge on any atom is -0.497 e. The van der Waals surface area contributed by atoms with Crippen LogP contribution in [0.5, 0.6) is 5.75 Å². The zero-order valence-corrected chi connectivity index (χ0v) is 9.21. The van der Waals surface area contributed by atoms with Crippen molar-refractivity contribution in [1.82, 2.24) is 20.3 Å². The van der Waals surface area contributed by atoms with Crippen molar-refractivity contribution in [2.45, 2.75) is 13.5 Å². The molecule has 0 fully saturated rings. The minimum absolute atomic E-state index is 0.663. The smallest absolute Gasteiger partial charge is 0.171 e. The molecule has 0 aliphatic heterocycles. The van der Waals surface area contributed by atoms with Gasteiger partial charge >= 0.3 is 0 Å². The molecule has 1 aromatic heterocycles. The number of rotatable bonds is 4. The summed E-state index contributed by atoms with van der Waals surface area (Å²) in [6, 6.07) is 7.82. The van der Waals surface area contributed by atoms with Gasteiger partial charge in [0, 0.05) is 0 Å². The maximum absolute atomic E-state index is 5.08. The van der Waals surface area contributed by atoms with Gasteiger partial charge in [-0.3, -0.25) is 0 Å². The second-order valence-corrected chi connectivity index (χ2v) is 3.32. The highest BCUT2D eigenvalue weighted by Gasteiger charge is 1.99. The molecule has 6 heteroatoms. The van der Waals surface area contributed by atoms with Crippen LogP contribution in [0.1, 0.15) is 11.4 Å². The lowest BCUT2D eigenvalue weighted by Crippen LogP contribution is -2.17. The Morgan fingerprint density at radius 1 is 1.31 bits per heavy atom. The van der Waals surface area contributed by atoms with E-state index in [0.29, 0.717) is 6.54 Å². The van der Waals surface area contributed by atoms with Gasteiger partial charge < -0.3 is 10.2 Å². The SMILES string of the molecule is COc1ccc(CNn2nnnc2C)cc1. The average Bonchev–Trinajstić information content (AvgIpc) is 2.73. The molecule has 2 rings (SSSR count). The number of nitrogens with zero attached hydrogens (tertiary/aromatic N) is 4. The van der Waals surface area contributed by atoms with E-state index in [9.17, 15) is 0 Å². The van der Waals surface area contributed by atoms with Crippen LogP contribution in [0.25, 0.3) is 0 Å². The first-order valence-electron chi connectivity index (χ1n) is 4.91. The Hall–Kier alpha value is -2.11. The van der Waals surface area contributed by atoms with E-state index in [0.717, 1.165) is 17.1 Å². The van der Waals surface area contributed by atoms with E-state index in [1.807, 2.05) is 31.2 Å². The van der Waals surface area contributed by atoms with Crippen molar-refractivity contribution in [2.24, 2.45) is 0 Å². The van der Waals surface area contributed by atoms with Crippen molar-refractivity contribution in [2.75, 3.05) is 12.5 Å². The Labute approximate surface area is 93.2 Å². The molecule has 1 heterocycles. The first-order valence-corrected chi connectivity index (χ1v) is 4.91. The molecule has 2 aromatic rings. The molecule has 0 bridgehead atoms. The van der Waals surface area contributed by atoms with Crippen molar-refractivity contribution in [3.05, 3.63) is 35.7 Å². The monoisotopic (exact) mass is 219 g/mol. The molecule has 0 saturated carbocycles. The molecule has 1 aromatic carbocycles. The van der Waals surface area contributed by atoms with Crippen LogP contribution in [0.2, 0.25) is 0 Å². The fourth-order valence-electron chi connectivity index (χ4n) is 1.29. The van der Waals surface area contributed by atoms with Gasteiger partial charge in [0.25, 0.3) is 0 Å². The van der Waals surface area contributed by atoms with E-state index in [1.165, 1.54) is 0 Å². The van der Waals surface area contributed by atoms with Crippen LogP contribution in [0.15, 0.2) is 24.3 Å². The Balaban J connectivity index is 1.97. The number of hydrogen-bond acceptors (Lipinski definition) is 5. The molecule has 0 aliphatic rings. The predicted molar refractivity (Wildman–Crippen MR) is 58.6 cm³/mol. The van der Waals surface area contributed by atoms with Crippen molar-refractivity contribution < 1.29 is 4.74 Å². The zero-order valence-electron chi connectivity index (χ0n) is 9.21. The van der Waals surface area contributed by atoms with Crippen LogP contribution < -0.4 is 10.2 Å². The molecule has 6 nitrogen and oxygen atoms in total. The van der Waals surface area contributed by atoms with Gasteiger partial charge in [0.2, 0.25) is 0 Å². The van der Waals surface area contributed by atoms with Gasteiger partial charge in [-0.2, -0.15) is 0 Å². The second kappa shape index (κ2) is 4.61. The number of hydrogen-bond donors (Lipinski definition) is 1. The standard InChI is InChI=1S/C10H13N5O/c1-8-12-13-14-15(8)11-7-9-3-5-10(16-2)6-4-9/h3-6,11H,7H2,1-2H3. The highest BCUT2D eigenvalue weighted by Crippen LogP contribution is 2.11. The molecular weight excluding hydrogens is 206 g/mol. The third kappa shape index (κ3) is 2.28. The fourth-order valence-corrected chi connectivity index (χ4v) is 1.29. The van der Waals surface area contributed by atoms with E-state index in [4.69, 9.17) is 4.74 Å². The maximum Gasteiger partial charge on any atom is 0.171 e. The van der Waals surface area contributed by atoms with Crippen LogP contribution in [0.3, 0.4) is 0 Å². The average molecular weight is 219 g/mol. The van der Waals surface area contributed by atoms with Crippen LogP contribution >= 0.6 is 0 Å². The molecule has 0 atom stereocenters. The number of nitrogens with one attached hydrogen (secondary N) is 1. The molecule has 0 radical (unpaired) electrons. The van der Waals surface area contributed by atoms with Gasteiger partial charge in [-0.1, -0.05) is 12.1 Å². The summed E-state index contributed by atoms with van der Waals surface area (Å²) in [5.74, 6) is 1.58. The number of benzene rings is 1. The summed E-state index contributed by atoms with van der Waals surface area (Å²) < 4.78 is 5.08. The highest BCUT2D eigenvalue weighted by atomic mass is 16.5. The van der Waals surface area contributed by atoms with Crippen molar-refractivity contribution in [3.8, 4) is 5.75 Å². The molecule has 1 N–H and O–H groups in total. The maximum atomic E-state index is 5.08. The number of aryl methyl sites for hydroxylation is 1. The lowest BCUT2D eigenvalue weighted by molar-refractivity contribution is 0.414. The van der Waals surface area contributed by atoms with Crippen LogP contribution in [0, 0.1) is 6.92 Å². The van der Waals surface area contributed by atoms with Crippen molar-refractivity contribution >= 4 is 0 Å².